The van der Waals surface area contributed by atoms with Crippen LogP contribution in [-0.4, -0.2) is 29.4 Å². The normalized spacial score (nSPS) is 14.0. The van der Waals surface area contributed by atoms with Gasteiger partial charge in [-0.1, -0.05) is 11.6 Å². The van der Waals surface area contributed by atoms with Gasteiger partial charge in [-0.05, 0) is 35.6 Å². The molecule has 0 spiro atoms. The van der Waals surface area contributed by atoms with Crippen LogP contribution >= 0.6 is 22.9 Å². The molecule has 0 radical (unpaired) electrons. The first-order valence-corrected chi connectivity index (χ1v) is 7.63. The zero-order chi connectivity index (χ0) is 14.1. The molecule has 0 fully saturated rings. The van der Waals surface area contributed by atoms with Gasteiger partial charge in [-0.2, -0.15) is 0 Å². The van der Waals surface area contributed by atoms with Crippen LogP contribution in [0.15, 0.2) is 23.6 Å². The summed E-state index contributed by atoms with van der Waals surface area (Å²) in [5.74, 6) is 0.608. The second-order valence-corrected chi connectivity index (χ2v) is 6.05. The van der Waals surface area contributed by atoms with E-state index < -0.39 is 0 Å². The van der Waals surface area contributed by atoms with Crippen molar-refractivity contribution in [2.24, 2.45) is 0 Å². The smallest absolute Gasteiger partial charge is 0.254 e. The quantitative estimate of drug-likeness (QED) is 0.867. The molecule has 1 N–H and O–H groups in total. The molecule has 3 rings (SSSR count). The van der Waals surface area contributed by atoms with Crippen LogP contribution in [0.2, 0.25) is 5.15 Å². The lowest BCUT2D eigenvalue weighted by atomic mass is 10.1. The number of nitrogens with zero attached hydrogens (tertiary/aromatic N) is 2. The lowest BCUT2D eigenvalue weighted by molar-refractivity contribution is 0.0736. The minimum Gasteiger partial charge on any atom is -0.373 e. The molecule has 104 valence electrons. The molecule has 0 aliphatic carbocycles. The zero-order valence-corrected chi connectivity index (χ0v) is 12.6. The molecule has 0 saturated heterocycles. The molecule has 0 atom stereocenters. The Bertz CT molecular complexity index is 656. The van der Waals surface area contributed by atoms with Gasteiger partial charge in [0.05, 0.1) is 0 Å². The van der Waals surface area contributed by atoms with E-state index >= 15 is 0 Å². The van der Waals surface area contributed by atoms with E-state index in [1.807, 2.05) is 4.90 Å². The van der Waals surface area contributed by atoms with Crippen LogP contribution in [-0.2, 0) is 13.0 Å². The Hall–Kier alpha value is -1.59. The van der Waals surface area contributed by atoms with Crippen LogP contribution in [0.25, 0.3) is 0 Å². The van der Waals surface area contributed by atoms with Crippen LogP contribution in [0.1, 0.15) is 20.8 Å². The van der Waals surface area contributed by atoms with Crippen molar-refractivity contribution in [3.63, 3.8) is 0 Å². The largest absolute Gasteiger partial charge is 0.373 e. The van der Waals surface area contributed by atoms with Crippen molar-refractivity contribution in [2.75, 3.05) is 18.9 Å². The Labute approximate surface area is 126 Å². The first-order valence-electron chi connectivity index (χ1n) is 6.37. The molecule has 2 aromatic rings. The van der Waals surface area contributed by atoms with Gasteiger partial charge in [-0.25, -0.2) is 4.98 Å². The number of hydrogen-bond acceptors (Lipinski definition) is 4. The maximum atomic E-state index is 12.6. The first kappa shape index (κ1) is 13.4. The molecule has 4 nitrogen and oxygen atoms in total. The molecule has 1 aliphatic rings. The fourth-order valence-corrected chi connectivity index (χ4v) is 3.45. The summed E-state index contributed by atoms with van der Waals surface area (Å²) in [5.41, 5.74) is 1.83. The summed E-state index contributed by atoms with van der Waals surface area (Å²) in [6.45, 7) is 1.42. The van der Waals surface area contributed by atoms with Gasteiger partial charge in [0.25, 0.3) is 5.91 Å². The van der Waals surface area contributed by atoms with Crippen LogP contribution in [0.4, 0.5) is 5.82 Å². The van der Waals surface area contributed by atoms with Crippen molar-refractivity contribution < 1.29 is 4.79 Å². The highest BCUT2D eigenvalue weighted by molar-refractivity contribution is 7.10. The van der Waals surface area contributed by atoms with Gasteiger partial charge in [0.15, 0.2) is 0 Å². The maximum absolute atomic E-state index is 12.6. The molecule has 1 aliphatic heterocycles. The molecular weight excluding hydrogens is 294 g/mol. The van der Waals surface area contributed by atoms with Crippen molar-refractivity contribution >= 4 is 34.7 Å². The van der Waals surface area contributed by atoms with Gasteiger partial charge in [0.1, 0.15) is 11.0 Å². The number of anilines is 1. The Morgan fingerprint density at radius 1 is 1.50 bits per heavy atom. The number of pyridine rings is 1. The number of aromatic nitrogens is 1. The average Bonchev–Trinajstić information content (AvgIpc) is 2.93. The van der Waals surface area contributed by atoms with E-state index in [1.165, 1.54) is 10.4 Å². The average molecular weight is 308 g/mol. The van der Waals surface area contributed by atoms with Crippen molar-refractivity contribution in [3.8, 4) is 0 Å². The van der Waals surface area contributed by atoms with Gasteiger partial charge in [-0.15, -0.1) is 11.3 Å². The van der Waals surface area contributed by atoms with Crippen molar-refractivity contribution in [1.82, 2.24) is 9.88 Å². The van der Waals surface area contributed by atoms with E-state index in [2.05, 4.69) is 21.7 Å². The van der Waals surface area contributed by atoms with Gasteiger partial charge >= 0.3 is 0 Å². The highest BCUT2D eigenvalue weighted by Crippen LogP contribution is 2.25. The first-order chi connectivity index (χ1) is 9.67. The van der Waals surface area contributed by atoms with Crippen LogP contribution in [0.3, 0.4) is 0 Å². The van der Waals surface area contributed by atoms with E-state index in [-0.39, 0.29) is 5.91 Å². The topological polar surface area (TPSA) is 45.2 Å². The number of amides is 1. The molecule has 0 saturated carbocycles. The molecule has 1 amide bonds. The van der Waals surface area contributed by atoms with Crippen LogP contribution in [0, 0.1) is 0 Å². The van der Waals surface area contributed by atoms with Gasteiger partial charge < -0.3 is 10.2 Å². The second-order valence-electron chi connectivity index (χ2n) is 4.66. The third-order valence-electron chi connectivity index (χ3n) is 3.39. The molecule has 0 aromatic carbocycles. The van der Waals surface area contributed by atoms with E-state index in [9.17, 15) is 4.79 Å². The summed E-state index contributed by atoms with van der Waals surface area (Å²) in [6.07, 6.45) is 0.927. The maximum Gasteiger partial charge on any atom is 0.254 e. The van der Waals surface area contributed by atoms with E-state index in [0.717, 1.165) is 13.0 Å². The number of fused-ring (bicyclic) bond motifs is 1. The fraction of sp³-hybridized carbons (Fsp3) is 0.286. The monoisotopic (exact) mass is 307 g/mol. The summed E-state index contributed by atoms with van der Waals surface area (Å²) in [6, 6.07) is 5.45. The molecular formula is C14H14ClN3OS. The molecule has 2 aromatic heterocycles. The van der Waals surface area contributed by atoms with Gasteiger partial charge in [0, 0.05) is 30.6 Å². The van der Waals surface area contributed by atoms with Gasteiger partial charge in [0.2, 0.25) is 0 Å². The summed E-state index contributed by atoms with van der Waals surface area (Å²) in [5, 5.41) is 5.32. The summed E-state index contributed by atoms with van der Waals surface area (Å²) >= 11 is 7.72. The minimum absolute atomic E-state index is 0.00245. The third kappa shape index (κ3) is 2.51. The van der Waals surface area contributed by atoms with Gasteiger partial charge in [-0.3, -0.25) is 4.79 Å². The van der Waals surface area contributed by atoms with Crippen LogP contribution in [0.5, 0.6) is 0 Å². The number of carbonyl (C=O) groups is 1. The lowest BCUT2D eigenvalue weighted by Gasteiger charge is -2.27. The predicted octanol–water partition coefficient (Wildman–Crippen LogP) is 3.04. The third-order valence-corrected chi connectivity index (χ3v) is 4.61. The fourth-order valence-electron chi connectivity index (χ4n) is 2.35. The van der Waals surface area contributed by atoms with Crippen molar-refractivity contribution in [3.05, 3.63) is 44.7 Å². The van der Waals surface area contributed by atoms with Crippen LogP contribution < -0.4 is 5.32 Å². The Morgan fingerprint density at radius 3 is 3.15 bits per heavy atom. The Balaban J connectivity index is 1.85. The molecule has 6 heteroatoms. The number of carbonyl (C=O) groups excluding carboxylic acids is 1. The number of thiophene rings is 1. The van der Waals surface area contributed by atoms with Crippen molar-refractivity contribution in [2.45, 2.75) is 13.0 Å². The Kier molecular flexibility index (Phi) is 3.63. The molecule has 0 unspecified atom stereocenters. The highest BCUT2D eigenvalue weighted by Gasteiger charge is 2.23. The lowest BCUT2D eigenvalue weighted by Crippen LogP contribution is -2.35. The number of halogens is 1. The standard InChI is InChI=1S/C14H14ClN3OS/c1-16-13-7-10(6-12(15)17-13)14(19)18-4-2-11-9(8-18)3-5-20-11/h3,5-7H,2,4,8H2,1H3,(H,16,17). The van der Waals surface area contributed by atoms with Crippen molar-refractivity contribution in [1.29, 1.82) is 0 Å². The summed E-state index contributed by atoms with van der Waals surface area (Å²) in [4.78, 5) is 19.9. The van der Waals surface area contributed by atoms with E-state index in [4.69, 9.17) is 11.6 Å². The summed E-state index contributed by atoms with van der Waals surface area (Å²) in [7, 11) is 1.76. The predicted molar refractivity (Wildman–Crippen MR) is 81.6 cm³/mol. The molecule has 3 heterocycles. The highest BCUT2D eigenvalue weighted by atomic mass is 35.5. The molecule has 20 heavy (non-hydrogen) atoms. The number of rotatable bonds is 2. The SMILES string of the molecule is CNc1cc(C(=O)N2CCc3sccc3C2)cc(Cl)n1. The second kappa shape index (κ2) is 5.42. The minimum atomic E-state index is 0.00245. The summed E-state index contributed by atoms with van der Waals surface area (Å²) < 4.78 is 0. The Morgan fingerprint density at radius 2 is 2.35 bits per heavy atom. The number of nitrogens with one attached hydrogen (secondary N) is 1. The van der Waals surface area contributed by atoms with E-state index in [0.29, 0.717) is 23.1 Å². The number of hydrogen-bond donors (Lipinski definition) is 1. The van der Waals surface area contributed by atoms with E-state index in [1.54, 1.807) is 30.5 Å². The zero-order valence-electron chi connectivity index (χ0n) is 11.0. The molecule has 0 bridgehead atoms.